The van der Waals surface area contributed by atoms with Crippen LogP contribution in [0.5, 0.6) is 0 Å². The van der Waals surface area contributed by atoms with Crippen molar-refractivity contribution in [3.63, 3.8) is 0 Å². The van der Waals surface area contributed by atoms with Crippen LogP contribution in [0.4, 0.5) is 0 Å². The van der Waals surface area contributed by atoms with Gasteiger partial charge in [-0.05, 0) is 0 Å². The Bertz CT molecular complexity index is 311. The van der Waals surface area contributed by atoms with E-state index in [1.807, 2.05) is 6.92 Å². The van der Waals surface area contributed by atoms with Gasteiger partial charge in [-0.15, -0.1) is 10.1 Å². The van der Waals surface area contributed by atoms with Gasteiger partial charge in [-0.1, -0.05) is 6.92 Å². The van der Waals surface area contributed by atoms with E-state index in [1.165, 1.54) is 0 Å². The topological polar surface area (TPSA) is 87.9 Å². The highest BCUT2D eigenvalue weighted by atomic mass is 32.2. The zero-order valence-corrected chi connectivity index (χ0v) is 9.55. The Balaban J connectivity index is 2.00. The molecule has 16 heavy (non-hydrogen) atoms. The van der Waals surface area contributed by atoms with Crippen LogP contribution < -0.4 is 0 Å². The zero-order chi connectivity index (χ0) is 11.7. The number of nitrogens with zero attached hydrogens (tertiary/aromatic N) is 1. The van der Waals surface area contributed by atoms with Crippen molar-refractivity contribution in [3.05, 3.63) is 10.1 Å². The molecule has 0 aromatic heterocycles. The number of fused-ring (bicyclic) bond motifs is 1. The molecule has 0 aliphatic carbocycles. The van der Waals surface area contributed by atoms with Crippen LogP contribution in [0.25, 0.3) is 0 Å². The Morgan fingerprint density at radius 2 is 2.12 bits per heavy atom. The van der Waals surface area contributed by atoms with Crippen LogP contribution in [0, 0.1) is 10.1 Å². The second-order valence-electron chi connectivity index (χ2n) is 3.67. The minimum Gasteiger partial charge on any atom is -0.372 e. The van der Waals surface area contributed by atoms with Gasteiger partial charge in [0.05, 0.1) is 18.5 Å². The van der Waals surface area contributed by atoms with Crippen molar-refractivity contribution in [1.29, 1.82) is 0 Å². The number of hydrogen-bond acceptors (Lipinski definition) is 6. The largest absolute Gasteiger partial charge is 0.372 e. The van der Waals surface area contributed by atoms with E-state index in [0.717, 1.165) is 0 Å². The van der Waals surface area contributed by atoms with Crippen LogP contribution in [-0.4, -0.2) is 51.8 Å². The molecule has 0 amide bonds. The summed E-state index contributed by atoms with van der Waals surface area (Å²) in [6.45, 7) is 2.25. The van der Waals surface area contributed by atoms with E-state index in [-0.39, 0.29) is 18.0 Å². The molecule has 7 nitrogen and oxygen atoms in total. The monoisotopic (exact) mass is 251 g/mol. The van der Waals surface area contributed by atoms with E-state index in [0.29, 0.717) is 12.4 Å². The summed E-state index contributed by atoms with van der Waals surface area (Å²) in [5, 5.41) is 9.19. The van der Waals surface area contributed by atoms with Crippen molar-refractivity contribution in [2.45, 2.75) is 30.5 Å². The smallest absolute Gasteiger partial charge is 0.294 e. The van der Waals surface area contributed by atoms with Gasteiger partial charge in [-0.2, -0.15) is 0 Å². The molecule has 0 spiro atoms. The maximum Gasteiger partial charge on any atom is 0.294 e. The lowest BCUT2D eigenvalue weighted by atomic mass is 10.1. The van der Waals surface area contributed by atoms with E-state index in [2.05, 4.69) is 4.84 Å². The van der Waals surface area contributed by atoms with Crippen molar-refractivity contribution in [2.24, 2.45) is 0 Å². The van der Waals surface area contributed by atoms with Crippen molar-refractivity contribution in [1.82, 2.24) is 0 Å². The molecule has 1 unspecified atom stereocenters. The minimum atomic E-state index is -1.02. The number of hydrogen-bond donors (Lipinski definition) is 0. The molecular weight excluding hydrogens is 238 g/mol. The predicted molar refractivity (Wildman–Crippen MR) is 53.8 cm³/mol. The van der Waals surface area contributed by atoms with E-state index < -0.39 is 28.1 Å². The molecule has 2 saturated heterocycles. The standard InChI is InChI=1S/C8H13NO6S/c1-2-16(12)6-4-14-7-5(15-9(10)11)3-13-8(6)7/h5-8H,2-4H2,1H3/t5-,6-,7+,8+,16?/m1/s1. The van der Waals surface area contributed by atoms with Gasteiger partial charge < -0.3 is 14.3 Å². The molecular formula is C8H13NO6S. The van der Waals surface area contributed by atoms with Crippen LogP contribution in [0.15, 0.2) is 0 Å². The van der Waals surface area contributed by atoms with Gasteiger partial charge in [0.15, 0.2) is 6.10 Å². The summed E-state index contributed by atoms with van der Waals surface area (Å²) in [6, 6.07) is 0. The fraction of sp³-hybridized carbons (Fsp3) is 1.00. The summed E-state index contributed by atoms with van der Waals surface area (Å²) in [4.78, 5) is 14.7. The van der Waals surface area contributed by atoms with Crippen molar-refractivity contribution in [2.75, 3.05) is 19.0 Å². The van der Waals surface area contributed by atoms with Crippen LogP contribution in [0.2, 0.25) is 0 Å². The van der Waals surface area contributed by atoms with Crippen molar-refractivity contribution < 1.29 is 23.6 Å². The molecule has 0 aromatic rings. The molecule has 0 bridgehead atoms. The zero-order valence-electron chi connectivity index (χ0n) is 8.74. The molecule has 0 aromatic carbocycles. The third-order valence-electron chi connectivity index (χ3n) is 2.81. The molecule has 2 fully saturated rings. The molecule has 92 valence electrons. The highest BCUT2D eigenvalue weighted by Gasteiger charge is 2.51. The predicted octanol–water partition coefficient (Wildman–Crippen LogP) is -0.502. The second kappa shape index (κ2) is 4.64. The fourth-order valence-corrected chi connectivity index (χ4v) is 3.26. The summed E-state index contributed by atoms with van der Waals surface area (Å²) < 4.78 is 22.4. The molecule has 5 atom stereocenters. The molecule has 0 N–H and O–H groups in total. The molecule has 8 heteroatoms. The summed E-state index contributed by atoms with van der Waals surface area (Å²) in [7, 11) is -1.02. The van der Waals surface area contributed by atoms with E-state index >= 15 is 0 Å². The van der Waals surface area contributed by atoms with Crippen molar-refractivity contribution >= 4 is 10.8 Å². The molecule has 2 heterocycles. The van der Waals surface area contributed by atoms with E-state index in [9.17, 15) is 14.3 Å². The molecule has 2 rings (SSSR count). The lowest BCUT2D eigenvalue weighted by Crippen LogP contribution is -2.35. The van der Waals surface area contributed by atoms with Gasteiger partial charge in [0, 0.05) is 16.6 Å². The quantitative estimate of drug-likeness (QED) is 0.494. The molecule has 2 aliphatic rings. The Hall–Kier alpha value is -0.730. The average Bonchev–Trinajstić information content (AvgIpc) is 2.79. The normalized spacial score (nSPS) is 39.3. The van der Waals surface area contributed by atoms with E-state index in [1.54, 1.807) is 0 Å². The van der Waals surface area contributed by atoms with E-state index in [4.69, 9.17) is 9.47 Å². The first-order valence-corrected chi connectivity index (χ1v) is 6.43. The van der Waals surface area contributed by atoms with Gasteiger partial charge >= 0.3 is 0 Å². The molecule has 0 radical (unpaired) electrons. The van der Waals surface area contributed by atoms with Crippen LogP contribution in [-0.2, 0) is 25.1 Å². The lowest BCUT2D eigenvalue weighted by molar-refractivity contribution is -0.769. The van der Waals surface area contributed by atoms with Gasteiger partial charge in [-0.25, -0.2) is 0 Å². The summed E-state index contributed by atoms with van der Waals surface area (Å²) >= 11 is 0. The van der Waals surface area contributed by atoms with Gasteiger partial charge in [0.2, 0.25) is 0 Å². The second-order valence-corrected chi connectivity index (χ2v) is 5.62. The first kappa shape index (κ1) is 11.7. The number of ether oxygens (including phenoxy) is 2. The van der Waals surface area contributed by atoms with Gasteiger partial charge in [0.25, 0.3) is 5.09 Å². The van der Waals surface area contributed by atoms with Crippen LogP contribution in [0.1, 0.15) is 6.92 Å². The summed E-state index contributed by atoms with van der Waals surface area (Å²) in [5.74, 6) is 0.529. The Labute approximate surface area is 94.6 Å². The minimum absolute atomic E-state index is 0.119. The number of rotatable bonds is 4. The Morgan fingerprint density at radius 1 is 1.44 bits per heavy atom. The maximum absolute atomic E-state index is 11.7. The molecule has 2 aliphatic heterocycles. The van der Waals surface area contributed by atoms with Crippen LogP contribution in [0.3, 0.4) is 0 Å². The third-order valence-corrected chi connectivity index (χ3v) is 4.45. The fourth-order valence-electron chi connectivity index (χ4n) is 2.07. The summed E-state index contributed by atoms with van der Waals surface area (Å²) in [5.41, 5.74) is 0. The summed E-state index contributed by atoms with van der Waals surface area (Å²) in [6.07, 6.45) is -1.50. The Kier molecular flexibility index (Phi) is 3.41. The SMILES string of the molecule is CCS(=O)[C@@H]1CO[C@@H]2[C@H]1OC[C@H]2O[N+](=O)[O-]. The van der Waals surface area contributed by atoms with Gasteiger partial charge in [0.1, 0.15) is 12.2 Å². The first-order valence-electron chi connectivity index (χ1n) is 5.05. The van der Waals surface area contributed by atoms with Crippen molar-refractivity contribution in [3.8, 4) is 0 Å². The highest BCUT2D eigenvalue weighted by Crippen LogP contribution is 2.31. The highest BCUT2D eigenvalue weighted by molar-refractivity contribution is 7.85. The van der Waals surface area contributed by atoms with Crippen LogP contribution >= 0.6 is 0 Å². The third kappa shape index (κ3) is 2.04. The Morgan fingerprint density at radius 3 is 2.75 bits per heavy atom. The average molecular weight is 251 g/mol. The lowest BCUT2D eigenvalue weighted by Gasteiger charge is -2.14. The van der Waals surface area contributed by atoms with Gasteiger partial charge in [-0.3, -0.25) is 4.21 Å². The maximum atomic E-state index is 11.7. The molecule has 0 saturated carbocycles. The first-order chi connectivity index (χ1) is 7.63.